The first-order valence-electron chi connectivity index (χ1n) is 5.73. The maximum absolute atomic E-state index is 12.0. The minimum atomic E-state index is 0. The normalized spacial score (nSPS) is 19.1. The quantitative estimate of drug-likeness (QED) is 0.908. The molecule has 1 aromatic heterocycles. The summed E-state index contributed by atoms with van der Waals surface area (Å²) in [6.45, 7) is 2.86. The number of hydrogen-bond acceptors (Lipinski definition) is 3. The van der Waals surface area contributed by atoms with Gasteiger partial charge in [0.05, 0.1) is 6.42 Å². The zero-order valence-corrected chi connectivity index (χ0v) is 11.6. The van der Waals surface area contributed by atoms with E-state index in [1.165, 1.54) is 0 Å². The molecule has 1 aliphatic heterocycles. The topological polar surface area (TPSA) is 32.3 Å². The van der Waals surface area contributed by atoms with Gasteiger partial charge < -0.3 is 10.2 Å². The van der Waals surface area contributed by atoms with Crippen LogP contribution in [0.25, 0.3) is 0 Å². The Balaban J connectivity index is 0.00000144. The Morgan fingerprint density at radius 1 is 1.65 bits per heavy atom. The Kier molecular flexibility index (Phi) is 5.95. The number of amides is 1. The van der Waals surface area contributed by atoms with Crippen LogP contribution in [0.4, 0.5) is 0 Å². The molecule has 1 aromatic rings. The second-order valence-electron chi connectivity index (χ2n) is 4.36. The first kappa shape index (κ1) is 14.5. The highest BCUT2D eigenvalue weighted by atomic mass is 35.5. The van der Waals surface area contributed by atoms with E-state index in [2.05, 4.69) is 10.7 Å². The molecule has 1 aliphatic rings. The average Bonchev–Trinajstić information content (AvgIpc) is 2.89. The second kappa shape index (κ2) is 6.99. The smallest absolute Gasteiger partial charge is 0.227 e. The van der Waals surface area contributed by atoms with Crippen LogP contribution in [0, 0.1) is 5.92 Å². The molecule has 0 bridgehead atoms. The number of halogens is 1. The van der Waals surface area contributed by atoms with Crippen molar-refractivity contribution in [1.82, 2.24) is 10.2 Å². The van der Waals surface area contributed by atoms with Gasteiger partial charge in [0.2, 0.25) is 5.91 Å². The minimum Gasteiger partial charge on any atom is -0.342 e. The van der Waals surface area contributed by atoms with Crippen LogP contribution >= 0.6 is 23.7 Å². The molecule has 1 atom stereocenters. The number of nitrogens with one attached hydrogen (secondary N) is 1. The van der Waals surface area contributed by atoms with Crippen LogP contribution in [-0.2, 0) is 11.2 Å². The first-order chi connectivity index (χ1) is 7.79. The molecule has 2 heterocycles. The standard InChI is InChI=1S/C12H18N2OS.ClH/c1-13-7-11-2-4-14(8-11)12(15)6-10-3-5-16-9-10;/h3,5,9,11,13H,2,4,6-8H2,1H3;1H. The zero-order valence-electron chi connectivity index (χ0n) is 10.0. The van der Waals surface area contributed by atoms with Gasteiger partial charge >= 0.3 is 0 Å². The van der Waals surface area contributed by atoms with Crippen LogP contribution in [0.2, 0.25) is 0 Å². The number of likely N-dealkylation sites (tertiary alicyclic amines) is 1. The lowest BCUT2D eigenvalue weighted by Crippen LogP contribution is -2.31. The predicted molar refractivity (Wildman–Crippen MR) is 73.9 cm³/mol. The number of carbonyl (C=O) groups excluding carboxylic acids is 1. The average molecular weight is 275 g/mol. The highest BCUT2D eigenvalue weighted by Crippen LogP contribution is 2.17. The van der Waals surface area contributed by atoms with Crippen molar-refractivity contribution in [2.75, 3.05) is 26.7 Å². The summed E-state index contributed by atoms with van der Waals surface area (Å²) in [6, 6.07) is 2.03. The van der Waals surface area contributed by atoms with E-state index in [0.717, 1.165) is 31.6 Å². The van der Waals surface area contributed by atoms with Gasteiger partial charge in [0.15, 0.2) is 0 Å². The maximum atomic E-state index is 12.0. The van der Waals surface area contributed by atoms with Gasteiger partial charge in [-0.2, -0.15) is 11.3 Å². The lowest BCUT2D eigenvalue weighted by Gasteiger charge is -2.16. The van der Waals surface area contributed by atoms with Gasteiger partial charge in [-0.25, -0.2) is 0 Å². The van der Waals surface area contributed by atoms with Gasteiger partial charge in [0, 0.05) is 13.1 Å². The number of carbonyl (C=O) groups is 1. The molecule has 1 saturated heterocycles. The molecule has 0 saturated carbocycles. The predicted octanol–water partition coefficient (Wildman–Crippen LogP) is 1.78. The van der Waals surface area contributed by atoms with Crippen molar-refractivity contribution >= 4 is 29.7 Å². The Bertz CT molecular complexity index is 342. The molecule has 0 radical (unpaired) electrons. The van der Waals surface area contributed by atoms with E-state index >= 15 is 0 Å². The molecule has 1 fully saturated rings. The third-order valence-electron chi connectivity index (χ3n) is 3.07. The summed E-state index contributed by atoms with van der Waals surface area (Å²) in [5.41, 5.74) is 1.15. The van der Waals surface area contributed by atoms with Gasteiger partial charge in [0.1, 0.15) is 0 Å². The molecule has 3 nitrogen and oxygen atoms in total. The summed E-state index contributed by atoms with van der Waals surface area (Å²) >= 11 is 1.65. The summed E-state index contributed by atoms with van der Waals surface area (Å²) in [4.78, 5) is 14.0. The van der Waals surface area contributed by atoms with Gasteiger partial charge in [-0.1, -0.05) is 0 Å². The third-order valence-corrected chi connectivity index (χ3v) is 3.80. The van der Waals surface area contributed by atoms with Crippen molar-refractivity contribution in [1.29, 1.82) is 0 Å². The molecule has 0 aromatic carbocycles. The van der Waals surface area contributed by atoms with E-state index in [0.29, 0.717) is 12.3 Å². The van der Waals surface area contributed by atoms with Crippen LogP contribution in [-0.4, -0.2) is 37.5 Å². The van der Waals surface area contributed by atoms with E-state index < -0.39 is 0 Å². The third kappa shape index (κ3) is 3.98. The summed E-state index contributed by atoms with van der Waals surface area (Å²) in [5.74, 6) is 0.911. The van der Waals surface area contributed by atoms with Gasteiger partial charge in [-0.15, -0.1) is 12.4 Å². The van der Waals surface area contributed by atoms with Crippen molar-refractivity contribution in [2.45, 2.75) is 12.8 Å². The summed E-state index contributed by atoms with van der Waals surface area (Å²) < 4.78 is 0. The van der Waals surface area contributed by atoms with Crippen LogP contribution in [0.5, 0.6) is 0 Å². The molecule has 5 heteroatoms. The summed E-state index contributed by atoms with van der Waals surface area (Å²) in [5, 5.41) is 7.26. The van der Waals surface area contributed by atoms with Gasteiger partial charge in [-0.3, -0.25) is 4.79 Å². The molecular formula is C12H19ClN2OS. The van der Waals surface area contributed by atoms with Crippen LogP contribution in [0.15, 0.2) is 16.8 Å². The monoisotopic (exact) mass is 274 g/mol. The molecule has 1 amide bonds. The highest BCUT2D eigenvalue weighted by molar-refractivity contribution is 7.07. The van der Waals surface area contributed by atoms with E-state index in [9.17, 15) is 4.79 Å². The van der Waals surface area contributed by atoms with E-state index in [1.807, 2.05) is 23.4 Å². The SMILES string of the molecule is CNCC1CCN(C(=O)Cc2ccsc2)C1.Cl. The molecular weight excluding hydrogens is 256 g/mol. The van der Waals surface area contributed by atoms with E-state index in [-0.39, 0.29) is 18.3 Å². The van der Waals surface area contributed by atoms with Crippen LogP contribution in [0.3, 0.4) is 0 Å². The van der Waals surface area contributed by atoms with E-state index in [4.69, 9.17) is 0 Å². The Morgan fingerprint density at radius 3 is 3.12 bits per heavy atom. The van der Waals surface area contributed by atoms with Crippen LogP contribution < -0.4 is 5.32 Å². The fraction of sp³-hybridized carbons (Fsp3) is 0.583. The molecule has 96 valence electrons. The number of rotatable bonds is 4. The van der Waals surface area contributed by atoms with E-state index in [1.54, 1.807) is 11.3 Å². The Hall–Kier alpha value is -0.580. The summed E-state index contributed by atoms with van der Waals surface area (Å²) in [6.07, 6.45) is 1.70. The number of nitrogens with zero attached hydrogens (tertiary/aromatic N) is 1. The molecule has 1 unspecified atom stereocenters. The zero-order chi connectivity index (χ0) is 11.4. The van der Waals surface area contributed by atoms with Crippen molar-refractivity contribution in [3.05, 3.63) is 22.4 Å². The van der Waals surface area contributed by atoms with Gasteiger partial charge in [0.25, 0.3) is 0 Å². The summed E-state index contributed by atoms with van der Waals surface area (Å²) in [7, 11) is 1.97. The van der Waals surface area contributed by atoms with Crippen LogP contribution in [0.1, 0.15) is 12.0 Å². The Morgan fingerprint density at radius 2 is 2.47 bits per heavy atom. The lowest BCUT2D eigenvalue weighted by atomic mass is 10.1. The second-order valence-corrected chi connectivity index (χ2v) is 5.14. The molecule has 17 heavy (non-hydrogen) atoms. The minimum absolute atomic E-state index is 0. The molecule has 2 rings (SSSR count). The Labute approximate surface area is 113 Å². The van der Waals surface area contributed by atoms with Gasteiger partial charge in [-0.05, 0) is 48.3 Å². The first-order valence-corrected chi connectivity index (χ1v) is 6.67. The fourth-order valence-corrected chi connectivity index (χ4v) is 2.86. The van der Waals surface area contributed by atoms with Crippen molar-refractivity contribution < 1.29 is 4.79 Å². The van der Waals surface area contributed by atoms with Crippen molar-refractivity contribution in [2.24, 2.45) is 5.92 Å². The lowest BCUT2D eigenvalue weighted by molar-refractivity contribution is -0.129. The number of thiophene rings is 1. The molecule has 0 spiro atoms. The van der Waals surface area contributed by atoms with Crippen molar-refractivity contribution in [3.8, 4) is 0 Å². The fourth-order valence-electron chi connectivity index (χ4n) is 2.19. The largest absolute Gasteiger partial charge is 0.342 e. The maximum Gasteiger partial charge on any atom is 0.227 e. The highest BCUT2D eigenvalue weighted by Gasteiger charge is 2.25. The molecule has 1 N–H and O–H groups in total. The van der Waals surface area contributed by atoms with Crippen molar-refractivity contribution in [3.63, 3.8) is 0 Å². The molecule has 0 aliphatic carbocycles. The number of hydrogen-bond donors (Lipinski definition) is 1.